The Bertz CT molecular complexity index is 1020. The monoisotopic (exact) mass is 409 g/mol. The Morgan fingerprint density at radius 3 is 2.76 bits per heavy atom. The topological polar surface area (TPSA) is 59.4 Å². The molecule has 0 amide bonds. The number of aromatic nitrogens is 1. The quantitative estimate of drug-likeness (QED) is 0.577. The molecule has 2 aromatic carbocycles. The van der Waals surface area contributed by atoms with Gasteiger partial charge in [-0.05, 0) is 78.8 Å². The standard InChI is InChI=1S/C23H20FNO3S/c24-17-3-5-18(6-4-17)29-19-7-8-20-15(10-12-28-22(20)13-19)1-2-16-14-25-11-9-21(16)23(26)27/h3-9,11,13-15H,1-2,10,12H2,(H,26,27). The number of carbonyl (C=O) groups is 1. The van der Waals surface area contributed by atoms with Crippen molar-refractivity contribution in [2.45, 2.75) is 35.0 Å². The Labute approximate surface area is 172 Å². The molecule has 0 bridgehead atoms. The number of fused-ring (bicyclic) bond motifs is 1. The molecule has 0 radical (unpaired) electrons. The predicted molar refractivity (Wildman–Crippen MR) is 109 cm³/mol. The summed E-state index contributed by atoms with van der Waals surface area (Å²) in [5.74, 6) is 0.0198. The van der Waals surface area contributed by atoms with Crippen molar-refractivity contribution >= 4 is 17.7 Å². The Balaban J connectivity index is 1.48. The lowest BCUT2D eigenvalue weighted by Gasteiger charge is -2.26. The molecular weight excluding hydrogens is 389 g/mol. The first-order chi connectivity index (χ1) is 14.1. The number of hydrogen-bond donors (Lipinski definition) is 1. The van der Waals surface area contributed by atoms with E-state index >= 15 is 0 Å². The van der Waals surface area contributed by atoms with Crippen molar-refractivity contribution in [1.82, 2.24) is 4.98 Å². The minimum atomic E-state index is -0.919. The van der Waals surface area contributed by atoms with Crippen molar-refractivity contribution in [2.24, 2.45) is 0 Å². The molecule has 1 unspecified atom stereocenters. The van der Waals surface area contributed by atoms with Gasteiger partial charge >= 0.3 is 5.97 Å². The third-order valence-corrected chi connectivity index (χ3v) is 6.09. The molecule has 4 rings (SSSR count). The number of rotatable bonds is 6. The van der Waals surface area contributed by atoms with Gasteiger partial charge in [0.15, 0.2) is 0 Å². The van der Waals surface area contributed by atoms with Crippen LogP contribution in [0.4, 0.5) is 4.39 Å². The van der Waals surface area contributed by atoms with Gasteiger partial charge in [-0.25, -0.2) is 9.18 Å². The zero-order valence-corrected chi connectivity index (χ0v) is 16.5. The number of halogens is 1. The average Bonchev–Trinajstić information content (AvgIpc) is 2.74. The zero-order valence-electron chi connectivity index (χ0n) is 15.7. The molecular formula is C23H20FNO3S. The van der Waals surface area contributed by atoms with Crippen LogP contribution in [0.5, 0.6) is 5.75 Å². The van der Waals surface area contributed by atoms with Gasteiger partial charge in [0.1, 0.15) is 11.6 Å². The third kappa shape index (κ3) is 4.59. The van der Waals surface area contributed by atoms with E-state index in [1.807, 2.05) is 6.07 Å². The van der Waals surface area contributed by atoms with Crippen LogP contribution in [0.3, 0.4) is 0 Å². The fourth-order valence-electron chi connectivity index (χ4n) is 3.61. The van der Waals surface area contributed by atoms with Crippen LogP contribution in [0.2, 0.25) is 0 Å². The summed E-state index contributed by atoms with van der Waals surface area (Å²) >= 11 is 1.57. The molecule has 1 atom stereocenters. The lowest BCUT2D eigenvalue weighted by atomic mass is 9.87. The molecule has 0 aliphatic carbocycles. The Hall–Kier alpha value is -2.86. The first-order valence-electron chi connectivity index (χ1n) is 9.46. The number of carboxylic acid groups (broad SMARTS) is 1. The number of hydrogen-bond acceptors (Lipinski definition) is 4. The van der Waals surface area contributed by atoms with Crippen LogP contribution < -0.4 is 4.74 Å². The first kappa shape index (κ1) is 19.5. The number of ether oxygens (including phenoxy) is 1. The van der Waals surface area contributed by atoms with Gasteiger partial charge in [0.05, 0.1) is 12.2 Å². The number of aryl methyl sites for hydroxylation is 1. The van der Waals surface area contributed by atoms with Crippen molar-refractivity contribution in [3.05, 3.63) is 83.4 Å². The van der Waals surface area contributed by atoms with Crippen molar-refractivity contribution < 1.29 is 19.0 Å². The van der Waals surface area contributed by atoms with Gasteiger partial charge in [0.25, 0.3) is 0 Å². The number of nitrogens with zero attached hydrogens (tertiary/aromatic N) is 1. The molecule has 0 spiro atoms. The molecule has 0 saturated heterocycles. The molecule has 6 heteroatoms. The van der Waals surface area contributed by atoms with Crippen molar-refractivity contribution in [3.8, 4) is 5.75 Å². The highest BCUT2D eigenvalue weighted by Gasteiger charge is 2.22. The zero-order chi connectivity index (χ0) is 20.2. The van der Waals surface area contributed by atoms with Gasteiger partial charge in [0.2, 0.25) is 0 Å². The summed E-state index contributed by atoms with van der Waals surface area (Å²) in [6.45, 7) is 0.640. The average molecular weight is 409 g/mol. The fourth-order valence-corrected chi connectivity index (χ4v) is 4.46. The minimum absolute atomic E-state index is 0.245. The number of pyridine rings is 1. The summed E-state index contributed by atoms with van der Waals surface area (Å²) in [5.41, 5.74) is 2.23. The molecule has 0 saturated carbocycles. The second kappa shape index (κ2) is 8.66. The number of aromatic carboxylic acids is 1. The Morgan fingerprint density at radius 2 is 1.97 bits per heavy atom. The van der Waals surface area contributed by atoms with Crippen LogP contribution in [-0.2, 0) is 6.42 Å². The molecule has 0 fully saturated rings. The smallest absolute Gasteiger partial charge is 0.336 e. The van der Waals surface area contributed by atoms with Crippen LogP contribution in [-0.4, -0.2) is 22.7 Å². The van der Waals surface area contributed by atoms with Crippen LogP contribution in [0, 0.1) is 5.82 Å². The SMILES string of the molecule is O=C(O)c1ccncc1CCC1CCOc2cc(Sc3ccc(F)cc3)ccc21. The maximum Gasteiger partial charge on any atom is 0.336 e. The maximum atomic E-state index is 13.1. The first-order valence-corrected chi connectivity index (χ1v) is 10.3. The molecule has 1 aromatic heterocycles. The highest BCUT2D eigenvalue weighted by atomic mass is 32.2. The summed E-state index contributed by atoms with van der Waals surface area (Å²) < 4.78 is 19.0. The van der Waals surface area contributed by atoms with Crippen LogP contribution in [0.25, 0.3) is 0 Å². The van der Waals surface area contributed by atoms with E-state index in [2.05, 4.69) is 17.1 Å². The Morgan fingerprint density at radius 1 is 1.17 bits per heavy atom. The minimum Gasteiger partial charge on any atom is -0.493 e. The van der Waals surface area contributed by atoms with Crippen LogP contribution >= 0.6 is 11.8 Å². The van der Waals surface area contributed by atoms with Crippen molar-refractivity contribution in [1.29, 1.82) is 0 Å². The molecule has 148 valence electrons. The van der Waals surface area contributed by atoms with Crippen molar-refractivity contribution in [3.63, 3.8) is 0 Å². The highest BCUT2D eigenvalue weighted by Crippen LogP contribution is 2.40. The summed E-state index contributed by atoms with van der Waals surface area (Å²) in [7, 11) is 0. The van der Waals surface area contributed by atoms with E-state index in [9.17, 15) is 14.3 Å². The summed E-state index contributed by atoms with van der Waals surface area (Å²) in [4.78, 5) is 17.5. The van der Waals surface area contributed by atoms with Gasteiger partial charge < -0.3 is 9.84 Å². The number of carboxylic acids is 1. The summed E-state index contributed by atoms with van der Waals surface area (Å²) in [5, 5.41) is 9.36. The van der Waals surface area contributed by atoms with Gasteiger partial charge in [-0.3, -0.25) is 4.98 Å². The number of benzene rings is 2. The van der Waals surface area contributed by atoms with E-state index in [-0.39, 0.29) is 5.82 Å². The molecule has 1 aliphatic heterocycles. The normalized spacial score (nSPS) is 15.4. The van der Waals surface area contributed by atoms with E-state index in [1.54, 1.807) is 36.2 Å². The van der Waals surface area contributed by atoms with Crippen LogP contribution in [0.1, 0.15) is 40.2 Å². The largest absolute Gasteiger partial charge is 0.493 e. The lowest BCUT2D eigenvalue weighted by Crippen LogP contribution is -2.15. The van der Waals surface area contributed by atoms with Gasteiger partial charge in [0, 0.05) is 22.2 Å². The second-order valence-electron chi connectivity index (χ2n) is 6.97. The molecule has 1 N–H and O–H groups in total. The lowest BCUT2D eigenvalue weighted by molar-refractivity contribution is 0.0695. The van der Waals surface area contributed by atoms with E-state index in [1.165, 1.54) is 18.3 Å². The molecule has 2 heterocycles. The van der Waals surface area contributed by atoms with Gasteiger partial charge in [-0.2, -0.15) is 0 Å². The summed E-state index contributed by atoms with van der Waals surface area (Å²) in [6.07, 6.45) is 5.56. The van der Waals surface area contributed by atoms with E-state index in [0.29, 0.717) is 24.5 Å². The fraction of sp³-hybridized carbons (Fsp3) is 0.217. The highest BCUT2D eigenvalue weighted by molar-refractivity contribution is 7.99. The molecule has 4 nitrogen and oxygen atoms in total. The summed E-state index contributed by atoms with van der Waals surface area (Å²) in [6, 6.07) is 14.2. The molecule has 1 aliphatic rings. The molecule has 3 aromatic rings. The van der Waals surface area contributed by atoms with E-state index in [4.69, 9.17) is 4.74 Å². The van der Waals surface area contributed by atoms with E-state index < -0.39 is 5.97 Å². The maximum absolute atomic E-state index is 13.1. The van der Waals surface area contributed by atoms with Crippen LogP contribution in [0.15, 0.2) is 70.7 Å². The van der Waals surface area contributed by atoms with Gasteiger partial charge in [-0.15, -0.1) is 0 Å². The molecule has 29 heavy (non-hydrogen) atoms. The second-order valence-corrected chi connectivity index (χ2v) is 8.11. The van der Waals surface area contributed by atoms with Crippen molar-refractivity contribution in [2.75, 3.05) is 6.61 Å². The van der Waals surface area contributed by atoms with E-state index in [0.717, 1.165) is 39.5 Å². The predicted octanol–water partition coefficient (Wildman–Crippen LogP) is 5.57. The van der Waals surface area contributed by atoms with Gasteiger partial charge in [-0.1, -0.05) is 17.8 Å². The third-order valence-electron chi connectivity index (χ3n) is 5.09. The Kier molecular flexibility index (Phi) is 5.81.